The standard InChI is InChI=1S/C27H34F2N2O3/c1-17(2)20-5-4-6-21(14-20)27(9-7-24(33)8-10-27)30-16-26(34)25(31-18(3)32)13-19-11-22(28)15-23(29)12-19/h4-6,11-12,14-15,17,25-26,30,34H,7-10,13,16H2,1-3H3,(H,31,32)/t25-,26+/m0/s1. The fraction of sp³-hybridized carbons (Fsp3) is 0.481. The number of nitrogens with one attached hydrogen (secondary N) is 2. The Morgan fingerprint density at radius 3 is 2.32 bits per heavy atom. The first-order chi connectivity index (χ1) is 16.1. The van der Waals surface area contributed by atoms with E-state index in [4.69, 9.17) is 0 Å². The van der Waals surface area contributed by atoms with E-state index in [1.807, 2.05) is 12.1 Å². The Morgan fingerprint density at radius 1 is 1.09 bits per heavy atom. The van der Waals surface area contributed by atoms with Gasteiger partial charge in [-0.2, -0.15) is 0 Å². The van der Waals surface area contributed by atoms with Gasteiger partial charge in [-0.1, -0.05) is 38.1 Å². The number of carbonyl (C=O) groups is 2. The molecule has 184 valence electrons. The molecule has 7 heteroatoms. The van der Waals surface area contributed by atoms with Crippen LogP contribution in [0.2, 0.25) is 0 Å². The molecule has 2 atom stereocenters. The monoisotopic (exact) mass is 472 g/mol. The Kier molecular flexibility index (Phi) is 8.55. The summed E-state index contributed by atoms with van der Waals surface area (Å²) in [6.07, 6.45) is 1.18. The van der Waals surface area contributed by atoms with Crippen molar-refractivity contribution in [3.63, 3.8) is 0 Å². The van der Waals surface area contributed by atoms with Crippen LogP contribution in [0, 0.1) is 11.6 Å². The summed E-state index contributed by atoms with van der Waals surface area (Å²) >= 11 is 0. The average Bonchev–Trinajstić information content (AvgIpc) is 2.77. The Hall–Kier alpha value is -2.64. The second kappa shape index (κ2) is 11.2. The van der Waals surface area contributed by atoms with Crippen LogP contribution in [-0.2, 0) is 21.5 Å². The molecule has 2 aromatic rings. The minimum absolute atomic E-state index is 0.0748. The molecule has 0 spiro atoms. The van der Waals surface area contributed by atoms with Crippen LogP contribution in [0.3, 0.4) is 0 Å². The van der Waals surface area contributed by atoms with Crippen LogP contribution in [-0.4, -0.2) is 35.5 Å². The maximum Gasteiger partial charge on any atom is 0.217 e. The molecule has 0 saturated heterocycles. The van der Waals surface area contributed by atoms with Crippen LogP contribution in [0.4, 0.5) is 8.78 Å². The van der Waals surface area contributed by atoms with Gasteiger partial charge in [-0.25, -0.2) is 8.78 Å². The van der Waals surface area contributed by atoms with Crippen LogP contribution in [0.5, 0.6) is 0 Å². The number of ketones is 1. The molecule has 1 amide bonds. The van der Waals surface area contributed by atoms with Gasteiger partial charge < -0.3 is 15.7 Å². The summed E-state index contributed by atoms with van der Waals surface area (Å²) < 4.78 is 27.3. The van der Waals surface area contributed by atoms with E-state index in [2.05, 4.69) is 36.6 Å². The van der Waals surface area contributed by atoms with Gasteiger partial charge in [0.15, 0.2) is 0 Å². The van der Waals surface area contributed by atoms with E-state index in [9.17, 15) is 23.5 Å². The van der Waals surface area contributed by atoms with E-state index in [1.54, 1.807) is 0 Å². The van der Waals surface area contributed by atoms with E-state index >= 15 is 0 Å². The minimum atomic E-state index is -1.02. The van der Waals surface area contributed by atoms with Gasteiger partial charge in [0.05, 0.1) is 12.1 Å². The predicted molar refractivity (Wildman–Crippen MR) is 127 cm³/mol. The summed E-state index contributed by atoms with van der Waals surface area (Å²) in [5, 5.41) is 17.2. The average molecular weight is 473 g/mol. The Bertz CT molecular complexity index is 994. The number of halogens is 2. The second-order valence-corrected chi connectivity index (χ2v) is 9.64. The smallest absolute Gasteiger partial charge is 0.217 e. The maximum atomic E-state index is 13.7. The van der Waals surface area contributed by atoms with Gasteiger partial charge in [0.2, 0.25) is 5.91 Å². The van der Waals surface area contributed by atoms with E-state index in [-0.39, 0.29) is 24.7 Å². The lowest BCUT2D eigenvalue weighted by Gasteiger charge is -2.40. The highest BCUT2D eigenvalue weighted by Crippen LogP contribution is 2.37. The lowest BCUT2D eigenvalue weighted by Crippen LogP contribution is -2.53. The Labute approximate surface area is 200 Å². The van der Waals surface area contributed by atoms with Crippen LogP contribution in [0.1, 0.15) is 69.1 Å². The summed E-state index contributed by atoms with van der Waals surface area (Å²) in [5.41, 5.74) is 2.13. The van der Waals surface area contributed by atoms with Crippen molar-refractivity contribution in [3.05, 3.63) is 70.8 Å². The highest BCUT2D eigenvalue weighted by molar-refractivity contribution is 5.79. The summed E-state index contributed by atoms with van der Waals surface area (Å²) in [6.45, 7) is 5.73. The van der Waals surface area contributed by atoms with Crippen molar-refractivity contribution in [1.29, 1.82) is 0 Å². The van der Waals surface area contributed by atoms with Crippen molar-refractivity contribution in [2.75, 3.05) is 6.54 Å². The molecule has 0 aromatic heterocycles. The molecule has 0 heterocycles. The third-order valence-electron chi connectivity index (χ3n) is 6.65. The van der Waals surface area contributed by atoms with E-state index in [0.717, 1.165) is 11.6 Å². The number of aliphatic hydroxyl groups is 1. The number of benzene rings is 2. The molecule has 1 aliphatic carbocycles. The lowest BCUT2D eigenvalue weighted by molar-refractivity contribution is -0.122. The Morgan fingerprint density at radius 2 is 1.74 bits per heavy atom. The predicted octanol–water partition coefficient (Wildman–Crippen LogP) is 4.12. The van der Waals surface area contributed by atoms with Gasteiger partial charge in [0.1, 0.15) is 17.4 Å². The first-order valence-corrected chi connectivity index (χ1v) is 11.9. The zero-order valence-corrected chi connectivity index (χ0v) is 20.0. The number of rotatable bonds is 9. The van der Waals surface area contributed by atoms with Crippen LogP contribution in [0.15, 0.2) is 42.5 Å². The zero-order chi connectivity index (χ0) is 24.9. The van der Waals surface area contributed by atoms with Crippen LogP contribution < -0.4 is 10.6 Å². The summed E-state index contributed by atoms with van der Waals surface area (Å²) in [6, 6.07) is 10.7. The largest absolute Gasteiger partial charge is 0.390 e. The number of Topliss-reactive ketones (excluding diaryl/α,β-unsaturated/α-hetero) is 1. The number of hydrogen-bond donors (Lipinski definition) is 3. The number of aliphatic hydroxyl groups excluding tert-OH is 1. The lowest BCUT2D eigenvalue weighted by atomic mass is 9.75. The van der Waals surface area contributed by atoms with Gasteiger partial charge >= 0.3 is 0 Å². The third kappa shape index (κ3) is 6.70. The number of amides is 1. The normalized spacial score (nSPS) is 17.4. The molecular weight excluding hydrogens is 438 g/mol. The van der Waals surface area contributed by atoms with Crippen LogP contribution in [0.25, 0.3) is 0 Å². The molecule has 1 aliphatic rings. The fourth-order valence-corrected chi connectivity index (χ4v) is 4.69. The third-order valence-corrected chi connectivity index (χ3v) is 6.65. The second-order valence-electron chi connectivity index (χ2n) is 9.64. The van der Waals surface area contributed by atoms with Gasteiger partial charge in [-0.15, -0.1) is 0 Å². The SMILES string of the molecule is CC(=O)N[C@@H](Cc1cc(F)cc(F)c1)[C@H](O)CNC1(c2cccc(C(C)C)c2)CCC(=O)CC1. The van der Waals surface area contributed by atoms with E-state index < -0.39 is 29.3 Å². The molecule has 0 radical (unpaired) electrons. The fourth-order valence-electron chi connectivity index (χ4n) is 4.69. The van der Waals surface area contributed by atoms with E-state index in [0.29, 0.717) is 37.2 Å². The molecule has 3 rings (SSSR count). The highest BCUT2D eigenvalue weighted by Gasteiger charge is 2.37. The molecule has 1 fully saturated rings. The molecule has 34 heavy (non-hydrogen) atoms. The molecule has 2 aromatic carbocycles. The molecule has 1 saturated carbocycles. The molecular formula is C27H34F2N2O3. The summed E-state index contributed by atoms with van der Waals surface area (Å²) in [5.74, 6) is -1.19. The van der Waals surface area contributed by atoms with Crippen molar-refractivity contribution in [2.24, 2.45) is 0 Å². The molecule has 5 nitrogen and oxygen atoms in total. The van der Waals surface area contributed by atoms with E-state index in [1.165, 1.54) is 24.6 Å². The van der Waals surface area contributed by atoms with Crippen molar-refractivity contribution in [2.45, 2.75) is 76.5 Å². The topological polar surface area (TPSA) is 78.4 Å². The highest BCUT2D eigenvalue weighted by atomic mass is 19.1. The molecule has 0 aliphatic heterocycles. The van der Waals surface area contributed by atoms with Crippen molar-refractivity contribution in [3.8, 4) is 0 Å². The number of carbonyl (C=O) groups excluding carboxylic acids is 2. The Balaban J connectivity index is 1.81. The van der Waals surface area contributed by atoms with Gasteiger partial charge in [0.25, 0.3) is 0 Å². The maximum absolute atomic E-state index is 13.7. The van der Waals surface area contributed by atoms with Crippen LogP contribution >= 0.6 is 0 Å². The zero-order valence-electron chi connectivity index (χ0n) is 20.0. The molecule has 0 bridgehead atoms. The minimum Gasteiger partial charge on any atom is -0.390 e. The van der Waals surface area contributed by atoms with Gasteiger partial charge in [0, 0.05) is 37.9 Å². The molecule has 0 unspecified atom stereocenters. The summed E-state index contributed by atoms with van der Waals surface area (Å²) in [7, 11) is 0. The van der Waals surface area contributed by atoms with Crippen molar-refractivity contribution < 1.29 is 23.5 Å². The quantitative estimate of drug-likeness (QED) is 0.513. The van der Waals surface area contributed by atoms with Crippen molar-refractivity contribution in [1.82, 2.24) is 10.6 Å². The molecule has 3 N–H and O–H groups in total. The first kappa shape index (κ1) is 26.0. The van der Waals surface area contributed by atoms with Crippen molar-refractivity contribution >= 4 is 11.7 Å². The first-order valence-electron chi connectivity index (χ1n) is 11.9. The van der Waals surface area contributed by atoms with Gasteiger partial charge in [-0.05, 0) is 54.0 Å². The summed E-state index contributed by atoms with van der Waals surface area (Å²) in [4.78, 5) is 23.8. The van der Waals surface area contributed by atoms with Gasteiger partial charge in [-0.3, -0.25) is 9.59 Å². The number of hydrogen-bond acceptors (Lipinski definition) is 4.